The highest BCUT2D eigenvalue weighted by Crippen LogP contribution is 2.19. The zero-order chi connectivity index (χ0) is 22.4. The number of rotatable bonds is 9. The minimum atomic E-state index is -0.453. The van der Waals surface area contributed by atoms with Gasteiger partial charge in [-0.15, -0.1) is 0 Å². The zero-order valence-corrected chi connectivity index (χ0v) is 18.8. The number of aromatic nitrogens is 2. The van der Waals surface area contributed by atoms with Crippen molar-refractivity contribution >= 4 is 16.8 Å². The SMILES string of the molecule is CCC(CC)C(CNC(=O)Cn1c(=O)n(CC)c(=O)c2ccccc21)N1CCOCC1. The van der Waals surface area contributed by atoms with E-state index in [1.165, 1.54) is 9.13 Å². The molecule has 1 atom stereocenters. The van der Waals surface area contributed by atoms with Crippen molar-refractivity contribution in [1.29, 1.82) is 0 Å². The van der Waals surface area contributed by atoms with E-state index in [9.17, 15) is 14.4 Å². The van der Waals surface area contributed by atoms with E-state index in [1.54, 1.807) is 31.2 Å². The number of ether oxygens (including phenoxy) is 1. The van der Waals surface area contributed by atoms with Crippen molar-refractivity contribution in [3.8, 4) is 0 Å². The van der Waals surface area contributed by atoms with Gasteiger partial charge in [0.25, 0.3) is 5.56 Å². The van der Waals surface area contributed by atoms with Gasteiger partial charge in [-0.1, -0.05) is 38.8 Å². The average molecular weight is 431 g/mol. The number of carbonyl (C=O) groups excluding carboxylic acids is 1. The minimum Gasteiger partial charge on any atom is -0.379 e. The molecule has 1 fully saturated rings. The second-order valence-electron chi connectivity index (χ2n) is 8.03. The molecule has 0 bridgehead atoms. The summed E-state index contributed by atoms with van der Waals surface area (Å²) >= 11 is 0. The Morgan fingerprint density at radius 2 is 1.74 bits per heavy atom. The molecule has 8 nitrogen and oxygen atoms in total. The maximum atomic E-state index is 12.9. The number of benzene rings is 1. The van der Waals surface area contributed by atoms with E-state index in [-0.39, 0.29) is 30.6 Å². The summed E-state index contributed by atoms with van der Waals surface area (Å²) in [5.41, 5.74) is -0.283. The molecule has 1 aromatic carbocycles. The molecule has 1 aliphatic heterocycles. The second kappa shape index (κ2) is 10.7. The molecule has 2 heterocycles. The number of amides is 1. The largest absolute Gasteiger partial charge is 0.379 e. The molecule has 1 aliphatic rings. The van der Waals surface area contributed by atoms with E-state index in [4.69, 9.17) is 4.74 Å². The number of morpholine rings is 1. The average Bonchev–Trinajstić information content (AvgIpc) is 2.80. The van der Waals surface area contributed by atoms with Crippen molar-refractivity contribution in [2.24, 2.45) is 5.92 Å². The van der Waals surface area contributed by atoms with Crippen molar-refractivity contribution in [3.05, 3.63) is 45.1 Å². The molecule has 0 aliphatic carbocycles. The van der Waals surface area contributed by atoms with Crippen LogP contribution in [0.5, 0.6) is 0 Å². The maximum Gasteiger partial charge on any atom is 0.331 e. The van der Waals surface area contributed by atoms with Crippen LogP contribution in [-0.4, -0.2) is 58.8 Å². The highest BCUT2D eigenvalue weighted by molar-refractivity contribution is 5.81. The summed E-state index contributed by atoms with van der Waals surface area (Å²) in [6, 6.07) is 7.18. The second-order valence-corrected chi connectivity index (χ2v) is 8.03. The molecule has 31 heavy (non-hydrogen) atoms. The Bertz CT molecular complexity index is 1000. The van der Waals surface area contributed by atoms with Crippen LogP contribution < -0.4 is 16.6 Å². The first-order chi connectivity index (χ1) is 15.0. The Hall–Kier alpha value is -2.45. The van der Waals surface area contributed by atoms with Gasteiger partial charge in [-0.05, 0) is 25.0 Å². The molecule has 1 amide bonds. The predicted molar refractivity (Wildman–Crippen MR) is 121 cm³/mol. The lowest BCUT2D eigenvalue weighted by molar-refractivity contribution is -0.122. The quantitative estimate of drug-likeness (QED) is 0.651. The Morgan fingerprint density at radius 1 is 1.06 bits per heavy atom. The smallest absolute Gasteiger partial charge is 0.331 e. The zero-order valence-electron chi connectivity index (χ0n) is 18.8. The number of para-hydroxylation sites is 1. The summed E-state index contributed by atoms with van der Waals surface area (Å²) in [7, 11) is 0. The van der Waals surface area contributed by atoms with Crippen LogP contribution in [0.3, 0.4) is 0 Å². The Labute approximate surface area is 182 Å². The number of carbonyl (C=O) groups is 1. The van der Waals surface area contributed by atoms with E-state index in [0.29, 0.717) is 36.6 Å². The molecule has 1 aromatic heterocycles. The van der Waals surface area contributed by atoms with Crippen molar-refractivity contribution in [2.75, 3.05) is 32.8 Å². The van der Waals surface area contributed by atoms with Crippen LogP contribution in [-0.2, 0) is 22.6 Å². The van der Waals surface area contributed by atoms with Gasteiger partial charge in [-0.2, -0.15) is 0 Å². The van der Waals surface area contributed by atoms with E-state index in [0.717, 1.165) is 25.9 Å². The third-order valence-electron chi connectivity index (χ3n) is 6.37. The predicted octanol–water partition coefficient (Wildman–Crippen LogP) is 1.44. The lowest BCUT2D eigenvalue weighted by Gasteiger charge is -2.38. The number of hydrogen-bond donors (Lipinski definition) is 1. The molecular formula is C23H34N4O4. The van der Waals surface area contributed by atoms with Gasteiger partial charge in [-0.25, -0.2) is 4.79 Å². The number of hydrogen-bond acceptors (Lipinski definition) is 5. The summed E-state index contributed by atoms with van der Waals surface area (Å²) in [5, 5.41) is 3.50. The van der Waals surface area contributed by atoms with Gasteiger partial charge in [0, 0.05) is 32.2 Å². The van der Waals surface area contributed by atoms with E-state index in [1.807, 2.05) is 0 Å². The van der Waals surface area contributed by atoms with Crippen LogP contribution >= 0.6 is 0 Å². The fraction of sp³-hybridized carbons (Fsp3) is 0.609. The monoisotopic (exact) mass is 430 g/mol. The van der Waals surface area contributed by atoms with Crippen LogP contribution in [0, 0.1) is 5.92 Å². The molecule has 1 unspecified atom stereocenters. The van der Waals surface area contributed by atoms with E-state index >= 15 is 0 Å². The van der Waals surface area contributed by atoms with Crippen LogP contribution in [0.1, 0.15) is 33.6 Å². The molecule has 1 N–H and O–H groups in total. The van der Waals surface area contributed by atoms with Crippen LogP contribution in [0.15, 0.2) is 33.9 Å². The van der Waals surface area contributed by atoms with Gasteiger partial charge in [0.1, 0.15) is 6.54 Å². The van der Waals surface area contributed by atoms with Gasteiger partial charge < -0.3 is 10.1 Å². The van der Waals surface area contributed by atoms with E-state index < -0.39 is 5.69 Å². The molecule has 1 saturated heterocycles. The van der Waals surface area contributed by atoms with Crippen LogP contribution in [0.2, 0.25) is 0 Å². The molecule has 8 heteroatoms. The summed E-state index contributed by atoms with van der Waals surface area (Å²) in [6.45, 7) is 9.96. The van der Waals surface area contributed by atoms with Crippen molar-refractivity contribution in [2.45, 2.75) is 52.7 Å². The molecule has 0 radical (unpaired) electrons. The minimum absolute atomic E-state index is 0.113. The highest BCUT2D eigenvalue weighted by atomic mass is 16.5. The van der Waals surface area contributed by atoms with Gasteiger partial charge in [0.05, 0.1) is 24.1 Å². The summed E-state index contributed by atoms with van der Waals surface area (Å²) in [4.78, 5) is 40.7. The van der Waals surface area contributed by atoms with Crippen molar-refractivity contribution in [1.82, 2.24) is 19.4 Å². The Morgan fingerprint density at radius 3 is 2.39 bits per heavy atom. The Kier molecular flexibility index (Phi) is 8.03. The fourth-order valence-electron chi connectivity index (χ4n) is 4.56. The first-order valence-electron chi connectivity index (χ1n) is 11.3. The van der Waals surface area contributed by atoms with Crippen LogP contribution in [0.4, 0.5) is 0 Å². The van der Waals surface area contributed by atoms with Crippen molar-refractivity contribution in [3.63, 3.8) is 0 Å². The molecule has 170 valence electrons. The standard InChI is InChI=1S/C23H34N4O4/c1-4-17(5-2)20(25-11-13-31-14-12-25)15-24-21(28)16-27-19-10-8-7-9-18(19)22(29)26(6-3)23(27)30/h7-10,17,20H,4-6,11-16H2,1-3H3,(H,24,28). The molecule has 0 spiro atoms. The summed E-state index contributed by atoms with van der Waals surface area (Å²) in [5.74, 6) is 0.252. The summed E-state index contributed by atoms with van der Waals surface area (Å²) in [6.07, 6.45) is 2.08. The number of nitrogens with one attached hydrogen (secondary N) is 1. The van der Waals surface area contributed by atoms with Gasteiger partial charge >= 0.3 is 5.69 Å². The Balaban J connectivity index is 1.80. The van der Waals surface area contributed by atoms with E-state index in [2.05, 4.69) is 24.1 Å². The third kappa shape index (κ3) is 5.07. The van der Waals surface area contributed by atoms with Crippen molar-refractivity contribution < 1.29 is 9.53 Å². The first-order valence-corrected chi connectivity index (χ1v) is 11.3. The van der Waals surface area contributed by atoms with Gasteiger partial charge in [0.15, 0.2) is 0 Å². The summed E-state index contributed by atoms with van der Waals surface area (Å²) < 4.78 is 8.07. The number of nitrogens with zero attached hydrogens (tertiary/aromatic N) is 3. The van der Waals surface area contributed by atoms with Gasteiger partial charge in [-0.3, -0.25) is 23.6 Å². The molecular weight excluding hydrogens is 396 g/mol. The van der Waals surface area contributed by atoms with Gasteiger partial charge in [0.2, 0.25) is 5.91 Å². The molecule has 3 rings (SSSR count). The molecule has 2 aromatic rings. The fourth-order valence-corrected chi connectivity index (χ4v) is 4.56. The maximum absolute atomic E-state index is 12.9. The lowest BCUT2D eigenvalue weighted by atomic mass is 9.92. The topological polar surface area (TPSA) is 85.6 Å². The first kappa shape index (κ1) is 23.2. The highest BCUT2D eigenvalue weighted by Gasteiger charge is 2.27. The number of fused-ring (bicyclic) bond motifs is 1. The third-order valence-corrected chi connectivity index (χ3v) is 6.37. The van der Waals surface area contributed by atoms with Crippen LogP contribution in [0.25, 0.3) is 10.9 Å². The molecule has 0 saturated carbocycles. The normalized spacial score (nSPS) is 16.0. The lowest BCUT2D eigenvalue weighted by Crippen LogP contribution is -2.52.